The number of carbonyl (C=O) groups is 1. The van der Waals surface area contributed by atoms with E-state index in [0.717, 1.165) is 5.56 Å². The minimum Gasteiger partial charge on any atom is -0.324 e. The number of sulfonamides is 1. The van der Waals surface area contributed by atoms with E-state index >= 15 is 0 Å². The molecule has 0 heterocycles. The zero-order valence-electron chi connectivity index (χ0n) is 12.8. The molecule has 124 valence electrons. The zero-order valence-corrected chi connectivity index (χ0v) is 15.2. The van der Waals surface area contributed by atoms with E-state index in [1.165, 1.54) is 6.92 Å². The van der Waals surface area contributed by atoms with E-state index < -0.39 is 16.1 Å². The standard InChI is InChI=1S/C14H21ClN2O3S2/c1-4-22(19,20)17-13(8-9-21-3)14(18)16-12-7-5-6-11(15)10(12)2/h5-7,13,17H,4,8-9H2,1-3H3,(H,16,18). The Kier molecular flexibility index (Phi) is 7.68. The zero-order chi connectivity index (χ0) is 16.8. The molecule has 0 aliphatic heterocycles. The molecule has 1 aromatic rings. The average Bonchev–Trinajstić information content (AvgIpc) is 2.48. The highest BCUT2D eigenvalue weighted by molar-refractivity contribution is 7.98. The Morgan fingerprint density at radius 2 is 2.09 bits per heavy atom. The highest BCUT2D eigenvalue weighted by Gasteiger charge is 2.23. The maximum absolute atomic E-state index is 12.4. The number of nitrogens with one attached hydrogen (secondary N) is 2. The molecule has 0 radical (unpaired) electrons. The van der Waals surface area contributed by atoms with Gasteiger partial charge in [0.2, 0.25) is 15.9 Å². The van der Waals surface area contributed by atoms with Gasteiger partial charge in [0, 0.05) is 10.7 Å². The Morgan fingerprint density at radius 3 is 2.68 bits per heavy atom. The van der Waals surface area contributed by atoms with Crippen molar-refractivity contribution in [2.24, 2.45) is 0 Å². The van der Waals surface area contributed by atoms with Gasteiger partial charge < -0.3 is 5.32 Å². The summed E-state index contributed by atoms with van der Waals surface area (Å²) in [6.45, 7) is 3.33. The Hall–Kier alpha value is -0.760. The number of halogens is 1. The van der Waals surface area contributed by atoms with Gasteiger partial charge in [-0.1, -0.05) is 17.7 Å². The van der Waals surface area contributed by atoms with Crippen LogP contribution in [-0.4, -0.2) is 38.1 Å². The summed E-state index contributed by atoms with van der Waals surface area (Å²) in [7, 11) is -3.45. The highest BCUT2D eigenvalue weighted by atomic mass is 35.5. The summed E-state index contributed by atoms with van der Waals surface area (Å²) >= 11 is 7.58. The van der Waals surface area contributed by atoms with E-state index in [4.69, 9.17) is 11.6 Å². The first-order valence-corrected chi connectivity index (χ1v) is 10.3. The maximum Gasteiger partial charge on any atom is 0.242 e. The number of benzene rings is 1. The number of hydrogen-bond acceptors (Lipinski definition) is 4. The lowest BCUT2D eigenvalue weighted by atomic mass is 10.1. The van der Waals surface area contributed by atoms with Crippen LogP contribution in [-0.2, 0) is 14.8 Å². The minimum absolute atomic E-state index is 0.0633. The van der Waals surface area contributed by atoms with Crippen LogP contribution in [0.1, 0.15) is 18.9 Å². The van der Waals surface area contributed by atoms with Crippen LogP contribution < -0.4 is 10.0 Å². The predicted octanol–water partition coefficient (Wildman–Crippen LogP) is 2.65. The summed E-state index contributed by atoms with van der Waals surface area (Å²) < 4.78 is 25.9. The molecule has 0 bridgehead atoms. The van der Waals surface area contributed by atoms with Crippen LogP contribution in [0, 0.1) is 6.92 Å². The number of hydrogen-bond donors (Lipinski definition) is 2. The van der Waals surface area contributed by atoms with Crippen molar-refractivity contribution in [1.82, 2.24) is 4.72 Å². The number of carbonyl (C=O) groups excluding carboxylic acids is 1. The molecular formula is C14H21ClN2O3S2. The summed E-state index contributed by atoms with van der Waals surface area (Å²) in [6, 6.07) is 4.41. The van der Waals surface area contributed by atoms with Gasteiger partial charge in [-0.2, -0.15) is 11.8 Å². The molecule has 1 aromatic carbocycles. The highest BCUT2D eigenvalue weighted by Crippen LogP contribution is 2.23. The maximum atomic E-state index is 12.4. The molecule has 0 saturated carbocycles. The lowest BCUT2D eigenvalue weighted by molar-refractivity contribution is -0.117. The molecule has 1 unspecified atom stereocenters. The van der Waals surface area contributed by atoms with Crippen molar-refractivity contribution >= 4 is 45.0 Å². The van der Waals surface area contributed by atoms with Crippen molar-refractivity contribution in [3.05, 3.63) is 28.8 Å². The van der Waals surface area contributed by atoms with E-state index in [-0.39, 0.29) is 11.7 Å². The van der Waals surface area contributed by atoms with E-state index in [0.29, 0.717) is 22.9 Å². The van der Waals surface area contributed by atoms with Crippen molar-refractivity contribution in [2.45, 2.75) is 26.3 Å². The second-order valence-corrected chi connectivity index (χ2v) is 8.19. The number of amides is 1. The number of rotatable bonds is 8. The summed E-state index contributed by atoms with van der Waals surface area (Å²) in [5.74, 6) is 0.238. The van der Waals surface area contributed by atoms with Gasteiger partial charge in [-0.25, -0.2) is 13.1 Å². The van der Waals surface area contributed by atoms with Crippen LogP contribution in [0.5, 0.6) is 0 Å². The third-order valence-electron chi connectivity index (χ3n) is 3.15. The molecule has 22 heavy (non-hydrogen) atoms. The SMILES string of the molecule is CCS(=O)(=O)NC(CCSC)C(=O)Nc1cccc(Cl)c1C. The third kappa shape index (κ3) is 5.79. The van der Waals surface area contributed by atoms with Crippen LogP contribution in [0.2, 0.25) is 5.02 Å². The van der Waals surface area contributed by atoms with Gasteiger partial charge in [0.15, 0.2) is 0 Å². The average molecular weight is 365 g/mol. The lowest BCUT2D eigenvalue weighted by Crippen LogP contribution is -2.44. The third-order valence-corrected chi connectivity index (χ3v) is 5.61. The molecule has 5 nitrogen and oxygen atoms in total. The lowest BCUT2D eigenvalue weighted by Gasteiger charge is -2.18. The predicted molar refractivity (Wildman–Crippen MR) is 94.2 cm³/mol. The molecule has 2 N–H and O–H groups in total. The molecule has 0 aliphatic rings. The summed E-state index contributed by atoms with van der Waals surface area (Å²) in [5, 5.41) is 3.30. The summed E-state index contributed by atoms with van der Waals surface area (Å²) in [5.41, 5.74) is 1.34. The second kappa shape index (κ2) is 8.76. The van der Waals surface area contributed by atoms with Gasteiger partial charge in [-0.15, -0.1) is 0 Å². The van der Waals surface area contributed by atoms with E-state index in [1.54, 1.807) is 36.9 Å². The van der Waals surface area contributed by atoms with Gasteiger partial charge in [0.1, 0.15) is 6.04 Å². The monoisotopic (exact) mass is 364 g/mol. The molecule has 1 atom stereocenters. The molecular weight excluding hydrogens is 344 g/mol. The largest absolute Gasteiger partial charge is 0.324 e. The number of thioether (sulfide) groups is 1. The summed E-state index contributed by atoms with van der Waals surface area (Å²) in [4.78, 5) is 12.4. The van der Waals surface area contributed by atoms with Crippen molar-refractivity contribution in [3.63, 3.8) is 0 Å². The van der Waals surface area contributed by atoms with Crippen LogP contribution >= 0.6 is 23.4 Å². The smallest absolute Gasteiger partial charge is 0.242 e. The first-order chi connectivity index (χ1) is 10.3. The molecule has 1 amide bonds. The molecule has 8 heteroatoms. The Balaban J connectivity index is 2.89. The molecule has 0 fully saturated rings. The molecule has 0 saturated heterocycles. The van der Waals surface area contributed by atoms with Crippen molar-refractivity contribution in [1.29, 1.82) is 0 Å². The fourth-order valence-corrected chi connectivity index (χ4v) is 3.21. The first-order valence-electron chi connectivity index (χ1n) is 6.85. The van der Waals surface area contributed by atoms with Crippen molar-refractivity contribution in [2.75, 3.05) is 23.1 Å². The quantitative estimate of drug-likeness (QED) is 0.743. The molecule has 0 aromatic heterocycles. The van der Waals surface area contributed by atoms with Crippen LogP contribution in [0.3, 0.4) is 0 Å². The van der Waals surface area contributed by atoms with E-state index in [1.807, 2.05) is 6.26 Å². The molecule has 1 rings (SSSR count). The fourth-order valence-electron chi connectivity index (χ4n) is 1.74. The van der Waals surface area contributed by atoms with Crippen LogP contribution in [0.25, 0.3) is 0 Å². The Morgan fingerprint density at radius 1 is 1.41 bits per heavy atom. The van der Waals surface area contributed by atoms with Gasteiger partial charge in [0.05, 0.1) is 5.75 Å². The van der Waals surface area contributed by atoms with Gasteiger partial charge in [0.25, 0.3) is 0 Å². The van der Waals surface area contributed by atoms with Crippen molar-refractivity contribution < 1.29 is 13.2 Å². The Bertz CT molecular complexity index is 621. The fraction of sp³-hybridized carbons (Fsp3) is 0.500. The van der Waals surface area contributed by atoms with Gasteiger partial charge in [-0.3, -0.25) is 4.79 Å². The Labute approximate surface area is 141 Å². The minimum atomic E-state index is -3.45. The topological polar surface area (TPSA) is 75.3 Å². The van der Waals surface area contributed by atoms with Crippen molar-refractivity contribution in [3.8, 4) is 0 Å². The van der Waals surface area contributed by atoms with E-state index in [9.17, 15) is 13.2 Å². The van der Waals surface area contributed by atoms with Gasteiger partial charge >= 0.3 is 0 Å². The van der Waals surface area contributed by atoms with Gasteiger partial charge in [-0.05, 0) is 50.0 Å². The normalized spacial score (nSPS) is 12.9. The van der Waals surface area contributed by atoms with Crippen LogP contribution in [0.15, 0.2) is 18.2 Å². The summed E-state index contributed by atoms with van der Waals surface area (Å²) in [6.07, 6.45) is 2.33. The second-order valence-electron chi connectivity index (χ2n) is 4.76. The molecule has 0 spiro atoms. The first kappa shape index (κ1) is 19.3. The van der Waals surface area contributed by atoms with Crippen LogP contribution in [0.4, 0.5) is 5.69 Å². The van der Waals surface area contributed by atoms with E-state index in [2.05, 4.69) is 10.0 Å². The number of anilines is 1. The molecule has 0 aliphatic carbocycles.